The van der Waals surface area contributed by atoms with Gasteiger partial charge in [0.05, 0.1) is 29.8 Å². The standard InChI is InChI=1S/C34H35Cl2F2N3O6S/c1-40(2)31(43)23-5-3-4-22(12-23)28(42)17-41-10-11-48-32(41)33(44)46-19-24(13-25-26(35)15-39-16-27(25)36)21-8-9-29(47-34(37)38)30(14-21)45-18-20-6-7-20/h3-5,8-9,12,14-16,20,24,32,34H,6-7,10-11,13,17-19H2,1-2H3/t24-,32+/m1/s1. The first-order valence-corrected chi connectivity index (χ1v) is 17.2. The summed E-state index contributed by atoms with van der Waals surface area (Å²) in [5.74, 6) is -0.430. The van der Waals surface area contributed by atoms with E-state index in [0.29, 0.717) is 57.1 Å². The van der Waals surface area contributed by atoms with Crippen molar-refractivity contribution in [3.8, 4) is 11.5 Å². The van der Waals surface area contributed by atoms with Crippen LogP contribution in [0.1, 0.15) is 50.6 Å². The Morgan fingerprint density at radius 2 is 1.77 bits per heavy atom. The Balaban J connectivity index is 1.32. The number of pyridine rings is 1. The number of amides is 1. The number of nitrogens with zero attached hydrogens (tertiary/aromatic N) is 3. The number of carbonyl (C=O) groups excluding carboxylic acids is 3. The van der Waals surface area contributed by atoms with E-state index in [1.165, 1.54) is 35.1 Å². The van der Waals surface area contributed by atoms with E-state index in [-0.39, 0.29) is 42.8 Å². The molecule has 1 aliphatic heterocycles. The lowest BCUT2D eigenvalue weighted by Crippen LogP contribution is -2.39. The Labute approximate surface area is 291 Å². The molecular weight excluding hydrogens is 687 g/mol. The van der Waals surface area contributed by atoms with Crippen molar-refractivity contribution in [2.24, 2.45) is 5.92 Å². The predicted octanol–water partition coefficient (Wildman–Crippen LogP) is 6.61. The molecule has 0 unspecified atom stereocenters. The van der Waals surface area contributed by atoms with Crippen molar-refractivity contribution in [1.82, 2.24) is 14.8 Å². The quantitative estimate of drug-likeness (QED) is 0.127. The fourth-order valence-electron chi connectivity index (χ4n) is 5.23. The number of aromatic nitrogens is 1. The zero-order chi connectivity index (χ0) is 34.4. The van der Waals surface area contributed by atoms with E-state index in [0.717, 1.165) is 12.8 Å². The minimum absolute atomic E-state index is 0.0364. The van der Waals surface area contributed by atoms with Crippen LogP contribution in [0.25, 0.3) is 0 Å². The maximum Gasteiger partial charge on any atom is 0.387 e. The van der Waals surface area contributed by atoms with Crippen molar-refractivity contribution < 1.29 is 37.4 Å². The lowest BCUT2D eigenvalue weighted by Gasteiger charge is -2.24. The molecule has 1 aliphatic carbocycles. The van der Waals surface area contributed by atoms with Gasteiger partial charge in [-0.1, -0.05) is 41.4 Å². The van der Waals surface area contributed by atoms with Gasteiger partial charge in [0.1, 0.15) is 0 Å². The van der Waals surface area contributed by atoms with Crippen LogP contribution in [0.4, 0.5) is 8.78 Å². The molecule has 0 radical (unpaired) electrons. The van der Waals surface area contributed by atoms with Gasteiger partial charge in [-0.15, -0.1) is 11.8 Å². The van der Waals surface area contributed by atoms with E-state index < -0.39 is 23.9 Å². The second kappa shape index (κ2) is 16.3. The highest BCUT2D eigenvalue weighted by molar-refractivity contribution is 8.00. The number of rotatable bonds is 15. The van der Waals surface area contributed by atoms with E-state index >= 15 is 0 Å². The molecule has 2 aliphatic rings. The Bertz CT molecular complexity index is 1620. The summed E-state index contributed by atoms with van der Waals surface area (Å²) in [6, 6.07) is 11.2. The van der Waals surface area contributed by atoms with Crippen LogP contribution in [0.2, 0.25) is 10.0 Å². The van der Waals surface area contributed by atoms with Crippen molar-refractivity contribution in [1.29, 1.82) is 0 Å². The number of alkyl halides is 2. The third-order valence-corrected chi connectivity index (χ3v) is 9.90. The molecule has 1 saturated carbocycles. The van der Waals surface area contributed by atoms with Crippen LogP contribution >= 0.6 is 35.0 Å². The molecule has 2 heterocycles. The minimum atomic E-state index is -3.03. The van der Waals surface area contributed by atoms with Gasteiger partial charge in [-0.25, -0.2) is 4.79 Å². The molecule has 3 aromatic rings. The summed E-state index contributed by atoms with van der Waals surface area (Å²) in [6.07, 6.45) is 5.18. The van der Waals surface area contributed by atoms with Gasteiger partial charge in [0, 0.05) is 55.8 Å². The number of esters is 1. The normalized spacial score (nSPS) is 16.9. The zero-order valence-electron chi connectivity index (χ0n) is 26.4. The third-order valence-electron chi connectivity index (χ3n) is 8.03. The summed E-state index contributed by atoms with van der Waals surface area (Å²) in [5, 5.41) is -0.0725. The largest absolute Gasteiger partial charge is 0.489 e. The lowest BCUT2D eigenvalue weighted by atomic mass is 9.92. The molecule has 1 aromatic heterocycles. The molecule has 48 heavy (non-hydrogen) atoms. The van der Waals surface area contributed by atoms with Crippen molar-refractivity contribution in [3.05, 3.63) is 87.2 Å². The predicted molar refractivity (Wildman–Crippen MR) is 180 cm³/mol. The van der Waals surface area contributed by atoms with Crippen LogP contribution in [0.5, 0.6) is 11.5 Å². The maximum atomic E-state index is 13.5. The molecule has 5 rings (SSSR count). The first kappa shape index (κ1) is 35.8. The summed E-state index contributed by atoms with van der Waals surface area (Å²) in [4.78, 5) is 46.3. The molecule has 1 saturated heterocycles. The number of Topliss-reactive ketones (excluding diaryl/α,β-unsaturated/α-hetero) is 1. The molecule has 0 N–H and O–H groups in total. The number of carbonyl (C=O) groups is 3. The van der Waals surface area contributed by atoms with E-state index in [1.54, 1.807) is 55.4 Å². The van der Waals surface area contributed by atoms with Crippen LogP contribution in [0.15, 0.2) is 54.9 Å². The van der Waals surface area contributed by atoms with Crippen LogP contribution < -0.4 is 9.47 Å². The van der Waals surface area contributed by atoms with Gasteiger partial charge in [-0.2, -0.15) is 8.78 Å². The highest BCUT2D eigenvalue weighted by atomic mass is 35.5. The SMILES string of the molecule is CN(C)C(=O)c1cccc(C(=O)CN2CCS[C@H]2C(=O)OC[C@@H](Cc2c(Cl)cncc2Cl)c2ccc(OC(F)F)c(OCC3CC3)c2)c1. The van der Waals surface area contributed by atoms with Crippen molar-refractivity contribution in [2.75, 3.05) is 46.2 Å². The van der Waals surface area contributed by atoms with Crippen molar-refractivity contribution in [3.63, 3.8) is 0 Å². The molecule has 0 bridgehead atoms. The first-order valence-electron chi connectivity index (χ1n) is 15.4. The molecule has 9 nitrogen and oxygen atoms in total. The van der Waals surface area contributed by atoms with E-state index in [9.17, 15) is 23.2 Å². The number of halogens is 4. The minimum Gasteiger partial charge on any atom is -0.489 e. The zero-order valence-corrected chi connectivity index (χ0v) is 28.7. The molecule has 2 fully saturated rings. The number of ether oxygens (including phenoxy) is 3. The maximum absolute atomic E-state index is 13.5. The van der Waals surface area contributed by atoms with Gasteiger partial charge in [0.25, 0.3) is 5.91 Å². The van der Waals surface area contributed by atoms with Gasteiger partial charge in [-0.3, -0.25) is 19.5 Å². The fourth-order valence-corrected chi connectivity index (χ4v) is 6.90. The molecule has 1 amide bonds. The second-order valence-corrected chi connectivity index (χ2v) is 13.9. The Kier molecular flexibility index (Phi) is 12.2. The number of thioether (sulfide) groups is 1. The molecule has 2 aromatic carbocycles. The first-order chi connectivity index (χ1) is 23.0. The topological polar surface area (TPSA) is 98.3 Å². The average Bonchev–Trinajstić information content (AvgIpc) is 3.78. The van der Waals surface area contributed by atoms with E-state index in [2.05, 4.69) is 4.98 Å². The molecule has 256 valence electrons. The highest BCUT2D eigenvalue weighted by Crippen LogP contribution is 2.38. The Morgan fingerprint density at radius 1 is 1.04 bits per heavy atom. The average molecular weight is 723 g/mol. The smallest absolute Gasteiger partial charge is 0.387 e. The van der Waals surface area contributed by atoms with Crippen LogP contribution in [-0.2, 0) is 16.0 Å². The third kappa shape index (κ3) is 9.37. The molecule has 2 atom stereocenters. The van der Waals surface area contributed by atoms with E-state index in [4.69, 9.17) is 37.4 Å². The van der Waals surface area contributed by atoms with Crippen LogP contribution in [0, 0.1) is 5.92 Å². The van der Waals surface area contributed by atoms with Gasteiger partial charge in [-0.05, 0) is 60.6 Å². The van der Waals surface area contributed by atoms with Crippen molar-refractivity contribution >= 4 is 52.6 Å². The molecular formula is C34H35Cl2F2N3O6S. The Hall–Kier alpha value is -3.45. The van der Waals surface area contributed by atoms with Crippen molar-refractivity contribution in [2.45, 2.75) is 37.2 Å². The number of hydrogen-bond acceptors (Lipinski definition) is 9. The summed E-state index contributed by atoms with van der Waals surface area (Å²) in [5.41, 5.74) is 1.99. The fraction of sp³-hybridized carbons (Fsp3) is 0.412. The van der Waals surface area contributed by atoms with Gasteiger partial charge < -0.3 is 19.1 Å². The van der Waals surface area contributed by atoms with Crippen LogP contribution in [-0.4, -0.2) is 90.6 Å². The van der Waals surface area contributed by atoms with E-state index in [1.807, 2.05) is 0 Å². The highest BCUT2D eigenvalue weighted by Gasteiger charge is 2.35. The Morgan fingerprint density at radius 3 is 2.46 bits per heavy atom. The van der Waals surface area contributed by atoms with Gasteiger partial charge in [0.15, 0.2) is 22.7 Å². The number of benzene rings is 2. The van der Waals surface area contributed by atoms with Gasteiger partial charge >= 0.3 is 12.6 Å². The second-order valence-electron chi connectivity index (χ2n) is 11.8. The monoisotopic (exact) mass is 721 g/mol. The van der Waals surface area contributed by atoms with Gasteiger partial charge in [0.2, 0.25) is 0 Å². The number of ketones is 1. The molecule has 0 spiro atoms. The summed E-state index contributed by atoms with van der Waals surface area (Å²) >= 11 is 14.3. The van der Waals surface area contributed by atoms with Crippen LogP contribution in [0.3, 0.4) is 0 Å². The summed E-state index contributed by atoms with van der Waals surface area (Å²) < 4.78 is 42.8. The summed E-state index contributed by atoms with van der Waals surface area (Å²) in [6.45, 7) is -2.31. The molecule has 14 heteroatoms. The summed E-state index contributed by atoms with van der Waals surface area (Å²) in [7, 11) is 3.27. The lowest BCUT2D eigenvalue weighted by molar-refractivity contribution is -0.146. The number of hydrogen-bond donors (Lipinski definition) is 0.